The first kappa shape index (κ1) is 21.8. The monoisotopic (exact) mass is 435 g/mol. The third kappa shape index (κ3) is 4.67. The minimum atomic E-state index is -3.79. The van der Waals surface area contributed by atoms with E-state index in [4.69, 9.17) is 4.74 Å². The summed E-state index contributed by atoms with van der Waals surface area (Å²) >= 11 is 1.37. The minimum absolute atomic E-state index is 0.160. The molecule has 3 rings (SSSR count). The molecule has 2 aromatic rings. The fraction of sp³-hybridized carbons (Fsp3) is 0.500. The average molecular weight is 436 g/mol. The highest BCUT2D eigenvalue weighted by Crippen LogP contribution is 2.45. The van der Waals surface area contributed by atoms with Gasteiger partial charge >= 0.3 is 5.97 Å². The predicted octanol–water partition coefficient (Wildman–Crippen LogP) is 5.19. The van der Waals surface area contributed by atoms with Crippen molar-refractivity contribution in [2.45, 2.75) is 58.8 Å². The number of nitrogens with one attached hydrogen (secondary N) is 1. The molecule has 0 fully saturated rings. The molecule has 1 heterocycles. The smallest absolute Gasteiger partial charge is 0.341 e. The molecule has 0 aliphatic heterocycles. The maximum Gasteiger partial charge on any atom is 0.341 e. The molecule has 0 saturated carbocycles. The number of ether oxygens (including phenoxy) is 1. The van der Waals surface area contributed by atoms with Gasteiger partial charge in [0.2, 0.25) is 0 Å². The van der Waals surface area contributed by atoms with E-state index < -0.39 is 16.0 Å². The second kappa shape index (κ2) is 8.11. The van der Waals surface area contributed by atoms with Crippen LogP contribution in [0.5, 0.6) is 0 Å². The molecule has 0 bridgehead atoms. The Labute approximate surface area is 177 Å². The van der Waals surface area contributed by atoms with Gasteiger partial charge in [-0.15, -0.1) is 11.3 Å². The second-order valence-corrected chi connectivity index (χ2v) is 11.4. The number of hydrogen-bond acceptors (Lipinski definition) is 5. The standard InChI is InChI=1S/C22H29NO4S2/c1-6-27-21(24)19-17-12-9-15(22(3,4)5)13-18(17)28-20(19)23-29(25,26)16-10-7-14(2)8-11-16/h7-8,10-11,15,23H,6,9,12-13H2,1-5H3/t15-/m0/s1. The van der Waals surface area contributed by atoms with Crippen molar-refractivity contribution in [2.24, 2.45) is 11.3 Å². The Kier molecular flexibility index (Phi) is 6.11. The van der Waals surface area contributed by atoms with E-state index in [-0.39, 0.29) is 16.9 Å². The van der Waals surface area contributed by atoms with E-state index in [1.54, 1.807) is 31.2 Å². The van der Waals surface area contributed by atoms with E-state index in [9.17, 15) is 13.2 Å². The molecule has 0 unspecified atom stereocenters. The Morgan fingerprint density at radius 3 is 2.48 bits per heavy atom. The number of carbonyl (C=O) groups excluding carboxylic acids is 1. The van der Waals surface area contributed by atoms with E-state index in [0.717, 1.165) is 35.3 Å². The van der Waals surface area contributed by atoms with Crippen LogP contribution in [0.2, 0.25) is 0 Å². The highest BCUT2D eigenvalue weighted by molar-refractivity contribution is 7.93. The normalized spacial score (nSPS) is 16.9. The third-order valence-corrected chi connectivity index (χ3v) is 8.19. The average Bonchev–Trinajstić information content (AvgIpc) is 2.97. The van der Waals surface area contributed by atoms with Crippen LogP contribution < -0.4 is 4.72 Å². The molecule has 1 N–H and O–H groups in total. The second-order valence-electron chi connectivity index (χ2n) is 8.65. The summed E-state index contributed by atoms with van der Waals surface area (Å²) in [6.45, 7) is 10.6. The summed E-state index contributed by atoms with van der Waals surface area (Å²) in [6, 6.07) is 6.66. The Hall–Kier alpha value is -1.86. The Balaban J connectivity index is 2.01. The first-order valence-electron chi connectivity index (χ1n) is 9.94. The minimum Gasteiger partial charge on any atom is -0.462 e. The molecule has 158 valence electrons. The molecule has 0 amide bonds. The van der Waals surface area contributed by atoms with Crippen LogP contribution in [0.3, 0.4) is 0 Å². The number of benzene rings is 1. The van der Waals surface area contributed by atoms with Crippen molar-refractivity contribution < 1.29 is 17.9 Å². The molecule has 1 aromatic heterocycles. The highest BCUT2D eigenvalue weighted by Gasteiger charge is 2.35. The molecule has 0 spiro atoms. The van der Waals surface area contributed by atoms with Gasteiger partial charge in [-0.25, -0.2) is 13.2 Å². The number of esters is 1. The Bertz CT molecular complexity index is 999. The lowest BCUT2D eigenvalue weighted by atomic mass is 9.72. The Morgan fingerprint density at radius 1 is 1.24 bits per heavy atom. The zero-order chi connectivity index (χ0) is 21.4. The van der Waals surface area contributed by atoms with Crippen LogP contribution in [-0.2, 0) is 27.6 Å². The summed E-state index contributed by atoms with van der Waals surface area (Å²) < 4.78 is 33.8. The van der Waals surface area contributed by atoms with Gasteiger partial charge in [-0.1, -0.05) is 38.5 Å². The highest BCUT2D eigenvalue weighted by atomic mass is 32.2. The van der Waals surface area contributed by atoms with Crippen molar-refractivity contribution in [3.8, 4) is 0 Å². The molecular weight excluding hydrogens is 406 g/mol. The van der Waals surface area contributed by atoms with Gasteiger partial charge in [0.15, 0.2) is 0 Å². The van der Waals surface area contributed by atoms with Gasteiger partial charge in [-0.2, -0.15) is 0 Å². The first-order chi connectivity index (χ1) is 13.5. The van der Waals surface area contributed by atoms with E-state index in [1.807, 2.05) is 6.92 Å². The molecule has 1 aromatic carbocycles. The zero-order valence-corrected chi connectivity index (χ0v) is 19.3. The maximum atomic E-state index is 12.9. The van der Waals surface area contributed by atoms with Crippen molar-refractivity contribution in [3.05, 3.63) is 45.8 Å². The number of rotatable bonds is 5. The van der Waals surface area contributed by atoms with Gasteiger partial charge < -0.3 is 4.74 Å². The van der Waals surface area contributed by atoms with E-state index in [2.05, 4.69) is 25.5 Å². The molecule has 0 saturated heterocycles. The fourth-order valence-electron chi connectivity index (χ4n) is 3.71. The molecule has 7 heteroatoms. The predicted molar refractivity (Wildman–Crippen MR) is 117 cm³/mol. The molecular formula is C22H29NO4S2. The molecule has 1 aliphatic rings. The third-order valence-electron chi connectivity index (χ3n) is 5.53. The largest absolute Gasteiger partial charge is 0.462 e. The summed E-state index contributed by atoms with van der Waals surface area (Å²) in [6.07, 6.45) is 2.58. The van der Waals surface area contributed by atoms with Crippen molar-refractivity contribution in [1.29, 1.82) is 0 Å². The van der Waals surface area contributed by atoms with Crippen molar-refractivity contribution >= 4 is 32.3 Å². The fourth-order valence-corrected chi connectivity index (χ4v) is 6.34. The number of carbonyl (C=O) groups is 1. The van der Waals surface area contributed by atoms with Gasteiger partial charge in [-0.05, 0) is 62.1 Å². The number of thiophene rings is 1. The van der Waals surface area contributed by atoms with Crippen LogP contribution in [0.25, 0.3) is 0 Å². The SMILES string of the molecule is CCOC(=O)c1c(NS(=O)(=O)c2ccc(C)cc2)sc2c1CC[C@H](C(C)(C)C)C2. The van der Waals surface area contributed by atoms with Gasteiger partial charge in [-0.3, -0.25) is 4.72 Å². The van der Waals surface area contributed by atoms with E-state index in [0.29, 0.717) is 16.5 Å². The maximum absolute atomic E-state index is 12.9. The van der Waals surface area contributed by atoms with Crippen LogP contribution >= 0.6 is 11.3 Å². The van der Waals surface area contributed by atoms with E-state index in [1.165, 1.54) is 11.3 Å². The summed E-state index contributed by atoms with van der Waals surface area (Å²) in [7, 11) is -3.79. The summed E-state index contributed by atoms with van der Waals surface area (Å²) in [5, 5.41) is 0.364. The van der Waals surface area contributed by atoms with Gasteiger partial charge in [0.1, 0.15) is 5.00 Å². The number of anilines is 1. The number of hydrogen-bond donors (Lipinski definition) is 1. The summed E-state index contributed by atoms with van der Waals surface area (Å²) in [5.74, 6) is 0.0334. The van der Waals surface area contributed by atoms with Crippen molar-refractivity contribution in [3.63, 3.8) is 0 Å². The number of sulfonamides is 1. The van der Waals surface area contributed by atoms with Crippen LogP contribution in [0.4, 0.5) is 5.00 Å². The van der Waals surface area contributed by atoms with Gasteiger partial charge in [0.25, 0.3) is 10.0 Å². The number of fused-ring (bicyclic) bond motifs is 1. The lowest BCUT2D eigenvalue weighted by molar-refractivity contribution is 0.0526. The topological polar surface area (TPSA) is 72.5 Å². The van der Waals surface area contributed by atoms with Crippen LogP contribution in [0.15, 0.2) is 29.2 Å². The molecule has 0 radical (unpaired) electrons. The zero-order valence-electron chi connectivity index (χ0n) is 17.7. The summed E-state index contributed by atoms with van der Waals surface area (Å²) in [5.41, 5.74) is 2.47. The summed E-state index contributed by atoms with van der Waals surface area (Å²) in [4.78, 5) is 14.0. The molecule has 1 aliphatic carbocycles. The quantitative estimate of drug-likeness (QED) is 0.657. The van der Waals surface area contributed by atoms with Crippen molar-refractivity contribution in [2.75, 3.05) is 11.3 Å². The Morgan fingerprint density at radius 2 is 1.90 bits per heavy atom. The lowest BCUT2D eigenvalue weighted by Crippen LogP contribution is -2.26. The van der Waals surface area contributed by atoms with Crippen molar-refractivity contribution in [1.82, 2.24) is 0 Å². The van der Waals surface area contributed by atoms with E-state index >= 15 is 0 Å². The molecule has 29 heavy (non-hydrogen) atoms. The van der Waals surface area contributed by atoms with Gasteiger partial charge in [0, 0.05) is 4.88 Å². The van der Waals surface area contributed by atoms with Crippen LogP contribution in [0.1, 0.15) is 60.5 Å². The van der Waals surface area contributed by atoms with Gasteiger partial charge in [0.05, 0.1) is 17.1 Å². The van der Waals surface area contributed by atoms with Crippen LogP contribution in [-0.4, -0.2) is 21.0 Å². The van der Waals surface area contributed by atoms with Crippen LogP contribution in [0, 0.1) is 18.3 Å². The first-order valence-corrected chi connectivity index (χ1v) is 12.2. The number of aryl methyl sites for hydroxylation is 1. The molecule has 1 atom stereocenters. The molecule has 5 nitrogen and oxygen atoms in total. The lowest BCUT2D eigenvalue weighted by Gasteiger charge is -2.33.